The molecular weight excluding hydrogens is 388 g/mol. The maximum atomic E-state index is 12.3. The van der Waals surface area contributed by atoms with Crippen LogP contribution in [0.3, 0.4) is 0 Å². The zero-order valence-electron chi connectivity index (χ0n) is 16.4. The van der Waals surface area contributed by atoms with Gasteiger partial charge in [0, 0.05) is 12.3 Å². The Bertz CT molecular complexity index is 786. The first kappa shape index (κ1) is 21.4. The van der Waals surface area contributed by atoms with Crippen molar-refractivity contribution in [2.75, 3.05) is 13.2 Å². The van der Waals surface area contributed by atoms with Crippen LogP contribution in [0.25, 0.3) is 0 Å². The molecule has 1 unspecified atom stereocenters. The van der Waals surface area contributed by atoms with Crippen molar-refractivity contribution >= 4 is 8.56 Å². The number of ether oxygens (including phenoxy) is 1. The van der Waals surface area contributed by atoms with Gasteiger partial charge in [-0.3, -0.25) is 18.9 Å². The Balaban J connectivity index is 2.04. The van der Waals surface area contributed by atoms with E-state index >= 15 is 0 Å². The van der Waals surface area contributed by atoms with Crippen LogP contribution in [0.1, 0.15) is 33.9 Å². The van der Waals surface area contributed by atoms with Gasteiger partial charge in [-0.15, -0.1) is 0 Å². The van der Waals surface area contributed by atoms with Gasteiger partial charge < -0.3 is 19.4 Å². The summed E-state index contributed by atoms with van der Waals surface area (Å²) in [6.07, 6.45) is -2.09. The van der Waals surface area contributed by atoms with Crippen LogP contribution < -0.4 is 11.2 Å². The summed E-state index contributed by atoms with van der Waals surface area (Å²) >= 11 is 0. The number of nitrogens with zero attached hydrogens (tertiary/aromatic N) is 1. The van der Waals surface area contributed by atoms with Crippen molar-refractivity contribution in [3.8, 4) is 0 Å². The minimum Gasteiger partial charge on any atom is -0.394 e. The smallest absolute Gasteiger partial charge is 0.380 e. The number of aromatic nitrogens is 2. The summed E-state index contributed by atoms with van der Waals surface area (Å²) in [5.74, 6) is -0.756. The van der Waals surface area contributed by atoms with Crippen LogP contribution in [0.5, 0.6) is 0 Å². The van der Waals surface area contributed by atoms with E-state index in [4.69, 9.17) is 18.6 Å². The van der Waals surface area contributed by atoms with E-state index in [0.717, 1.165) is 0 Å². The van der Waals surface area contributed by atoms with Gasteiger partial charge in [0.05, 0.1) is 24.7 Å². The molecule has 0 aromatic carbocycles. The Morgan fingerprint density at radius 2 is 1.96 bits per heavy atom. The molecule has 28 heavy (non-hydrogen) atoms. The van der Waals surface area contributed by atoms with E-state index in [1.165, 1.54) is 16.8 Å². The lowest BCUT2D eigenvalue weighted by Crippen LogP contribution is -2.52. The van der Waals surface area contributed by atoms with Crippen LogP contribution in [-0.4, -0.2) is 59.9 Å². The molecule has 0 amide bonds. The fourth-order valence-electron chi connectivity index (χ4n) is 4.01. The normalized spacial score (nSPS) is 31.0. The first-order chi connectivity index (χ1) is 13.2. The van der Waals surface area contributed by atoms with Crippen molar-refractivity contribution in [3.63, 3.8) is 0 Å². The molecule has 5 atom stereocenters. The third kappa shape index (κ3) is 3.63. The predicted molar refractivity (Wildman–Crippen MR) is 99.7 cm³/mol. The van der Waals surface area contributed by atoms with Crippen molar-refractivity contribution < 1.29 is 28.8 Å². The van der Waals surface area contributed by atoms with Gasteiger partial charge in [-0.2, -0.15) is 0 Å². The fraction of sp³-hybridized carbons (Fsp3) is 0.765. The predicted octanol–water partition coefficient (Wildman–Crippen LogP) is 0.0126. The lowest BCUT2D eigenvalue weighted by Gasteiger charge is -2.38. The van der Waals surface area contributed by atoms with E-state index in [0.29, 0.717) is 0 Å². The third-order valence-electron chi connectivity index (χ3n) is 5.50. The highest BCUT2D eigenvalue weighted by Gasteiger charge is 2.58. The molecule has 158 valence electrons. The van der Waals surface area contributed by atoms with Crippen LogP contribution in [-0.2, 0) is 18.6 Å². The van der Waals surface area contributed by atoms with E-state index in [9.17, 15) is 19.8 Å². The average Bonchev–Trinajstić information content (AvgIpc) is 2.85. The van der Waals surface area contributed by atoms with Gasteiger partial charge >= 0.3 is 14.3 Å². The first-order valence-electron chi connectivity index (χ1n) is 9.45. The van der Waals surface area contributed by atoms with Gasteiger partial charge in [-0.1, -0.05) is 27.7 Å². The van der Waals surface area contributed by atoms with Crippen molar-refractivity contribution in [1.29, 1.82) is 0 Å². The first-order valence-corrected chi connectivity index (χ1v) is 11.4. The Morgan fingerprint density at radius 3 is 2.54 bits per heavy atom. The SMILES string of the molecule is CC(C)[Si]1(C(C)C)OOC[C@H]2O[C@@H](n3ccc(=O)[nH]c3=O)[C@@H](C(O)CO)[C@@H]2O1. The zero-order chi connectivity index (χ0) is 20.6. The Morgan fingerprint density at radius 1 is 1.29 bits per heavy atom. The molecule has 0 bridgehead atoms. The molecule has 3 N–H and O–H groups in total. The lowest BCUT2D eigenvalue weighted by atomic mass is 9.94. The molecule has 11 heteroatoms. The van der Waals surface area contributed by atoms with Gasteiger partial charge in [0.1, 0.15) is 18.9 Å². The van der Waals surface area contributed by atoms with Crippen molar-refractivity contribution in [2.24, 2.45) is 5.92 Å². The molecule has 2 fully saturated rings. The zero-order valence-corrected chi connectivity index (χ0v) is 17.4. The second-order valence-electron chi connectivity index (χ2n) is 7.89. The van der Waals surface area contributed by atoms with E-state index in [1.54, 1.807) is 0 Å². The summed E-state index contributed by atoms with van der Waals surface area (Å²) in [6, 6.07) is 1.20. The highest BCUT2D eigenvalue weighted by molar-refractivity contribution is 6.70. The fourth-order valence-corrected chi connectivity index (χ4v) is 7.30. The average molecular weight is 417 g/mol. The molecule has 0 saturated carbocycles. The number of hydrogen-bond donors (Lipinski definition) is 3. The van der Waals surface area contributed by atoms with Gasteiger partial charge in [0.15, 0.2) is 0 Å². The number of fused-ring (bicyclic) bond motifs is 1. The second kappa shape index (κ2) is 8.18. The Labute approximate surface area is 163 Å². The molecule has 1 aromatic rings. The molecular formula is C17H28N2O8Si. The Hall–Kier alpha value is -1.34. The lowest BCUT2D eigenvalue weighted by molar-refractivity contribution is -0.242. The number of rotatable bonds is 5. The summed E-state index contributed by atoms with van der Waals surface area (Å²) < 4.78 is 19.5. The quantitative estimate of drug-likeness (QED) is 0.452. The standard InChI is InChI=1S/C17H28N2O8Si/c1-9(2)28(10(3)4)26-15-12(8-24-27-28)25-16(14(15)11(21)7-20)19-6-5-13(22)18-17(19)23/h5-6,9-12,14-16,20-21H,7-8H2,1-4H3,(H,18,22,23)/t11?,12-,14+,15-,16-/m1/s1. The largest absolute Gasteiger partial charge is 0.394 e. The van der Waals surface area contributed by atoms with Gasteiger partial charge in [0.25, 0.3) is 5.56 Å². The van der Waals surface area contributed by atoms with Gasteiger partial charge in [-0.25, -0.2) is 9.68 Å². The van der Waals surface area contributed by atoms with Crippen LogP contribution in [0, 0.1) is 5.92 Å². The Kier molecular flexibility index (Phi) is 6.25. The molecule has 3 rings (SSSR count). The monoisotopic (exact) mass is 416 g/mol. The summed E-state index contributed by atoms with van der Waals surface area (Å²) in [7, 11) is -2.87. The summed E-state index contributed by atoms with van der Waals surface area (Å²) in [5, 5.41) is 20.2. The number of aromatic amines is 1. The number of nitrogens with one attached hydrogen (secondary N) is 1. The number of H-pyrrole nitrogens is 1. The minimum absolute atomic E-state index is 0.0491. The second-order valence-corrected chi connectivity index (χ2v) is 12.0. The molecule has 2 aliphatic rings. The van der Waals surface area contributed by atoms with E-state index in [-0.39, 0.29) is 17.7 Å². The van der Waals surface area contributed by atoms with Crippen LogP contribution in [0.2, 0.25) is 11.1 Å². The summed E-state index contributed by atoms with van der Waals surface area (Å²) in [6.45, 7) is 7.50. The van der Waals surface area contributed by atoms with Gasteiger partial charge in [-0.05, 0) is 11.1 Å². The van der Waals surface area contributed by atoms with Gasteiger partial charge in [0.2, 0.25) is 0 Å². The molecule has 1 aromatic heterocycles. The summed E-state index contributed by atoms with van der Waals surface area (Å²) in [5.41, 5.74) is -1.11. The summed E-state index contributed by atoms with van der Waals surface area (Å²) in [4.78, 5) is 31.3. The highest BCUT2D eigenvalue weighted by atomic mass is 28.4. The van der Waals surface area contributed by atoms with Crippen molar-refractivity contribution in [2.45, 2.75) is 63.3 Å². The van der Waals surface area contributed by atoms with E-state index in [2.05, 4.69) is 4.98 Å². The maximum absolute atomic E-state index is 12.3. The van der Waals surface area contributed by atoms with Crippen molar-refractivity contribution in [3.05, 3.63) is 33.1 Å². The molecule has 0 aliphatic carbocycles. The highest BCUT2D eigenvalue weighted by Crippen LogP contribution is 2.45. The molecule has 2 aliphatic heterocycles. The third-order valence-corrected chi connectivity index (χ3v) is 9.74. The van der Waals surface area contributed by atoms with Crippen LogP contribution in [0.15, 0.2) is 21.9 Å². The van der Waals surface area contributed by atoms with E-state index in [1.807, 2.05) is 27.7 Å². The number of hydrogen-bond acceptors (Lipinski definition) is 8. The molecule has 3 heterocycles. The molecule has 0 spiro atoms. The number of aliphatic hydroxyl groups is 2. The van der Waals surface area contributed by atoms with Crippen LogP contribution >= 0.6 is 0 Å². The minimum atomic E-state index is -2.87. The molecule has 10 nitrogen and oxygen atoms in total. The molecule has 0 radical (unpaired) electrons. The van der Waals surface area contributed by atoms with Crippen molar-refractivity contribution in [1.82, 2.24) is 9.55 Å². The van der Waals surface area contributed by atoms with E-state index < -0.39 is 56.9 Å². The molecule has 2 saturated heterocycles. The maximum Gasteiger partial charge on any atom is 0.380 e. The van der Waals surface area contributed by atoms with Crippen LogP contribution in [0.4, 0.5) is 0 Å². The number of aliphatic hydroxyl groups excluding tert-OH is 2. The topological polar surface area (TPSA) is 132 Å².